The smallest absolute Gasteiger partial charge is 0.0984 e. The Labute approximate surface area is 96.6 Å². The first-order valence-electron chi connectivity index (χ1n) is 5.56. The SMILES string of the molecule is CCCNCc1c(C)nn(C)c1SCC. The van der Waals surface area contributed by atoms with E-state index >= 15 is 0 Å². The van der Waals surface area contributed by atoms with Gasteiger partial charge in [-0.3, -0.25) is 4.68 Å². The van der Waals surface area contributed by atoms with Crippen molar-refractivity contribution in [2.75, 3.05) is 12.3 Å². The Bertz CT molecular complexity index is 307. The van der Waals surface area contributed by atoms with Crippen LogP contribution in [-0.2, 0) is 13.6 Å². The highest BCUT2D eigenvalue weighted by Crippen LogP contribution is 2.24. The molecule has 4 heteroatoms. The maximum atomic E-state index is 4.46. The van der Waals surface area contributed by atoms with E-state index in [9.17, 15) is 0 Å². The standard InChI is InChI=1S/C11H21N3S/c1-5-7-12-8-10-9(3)13-14(4)11(10)15-6-2/h12H,5-8H2,1-4H3. The summed E-state index contributed by atoms with van der Waals surface area (Å²) >= 11 is 1.87. The largest absolute Gasteiger partial charge is 0.313 e. The van der Waals surface area contributed by atoms with Crippen molar-refractivity contribution in [3.63, 3.8) is 0 Å². The Hall–Kier alpha value is -0.480. The van der Waals surface area contributed by atoms with Gasteiger partial charge in [-0.15, -0.1) is 11.8 Å². The second-order valence-corrected chi connectivity index (χ2v) is 4.86. The van der Waals surface area contributed by atoms with Crippen molar-refractivity contribution < 1.29 is 0 Å². The molecule has 0 aliphatic heterocycles. The molecule has 0 fully saturated rings. The van der Waals surface area contributed by atoms with Crippen molar-refractivity contribution >= 4 is 11.8 Å². The quantitative estimate of drug-likeness (QED) is 0.597. The molecule has 1 N–H and O–H groups in total. The summed E-state index contributed by atoms with van der Waals surface area (Å²) < 4.78 is 1.99. The van der Waals surface area contributed by atoms with Crippen LogP contribution in [0.3, 0.4) is 0 Å². The summed E-state index contributed by atoms with van der Waals surface area (Å²) in [6, 6.07) is 0. The van der Waals surface area contributed by atoms with Crippen molar-refractivity contribution in [2.45, 2.75) is 38.8 Å². The minimum atomic E-state index is 0.940. The lowest BCUT2D eigenvalue weighted by Gasteiger charge is -2.05. The van der Waals surface area contributed by atoms with Gasteiger partial charge in [-0.1, -0.05) is 13.8 Å². The lowest BCUT2D eigenvalue weighted by atomic mass is 10.2. The fraction of sp³-hybridized carbons (Fsp3) is 0.727. The normalized spacial score (nSPS) is 10.9. The van der Waals surface area contributed by atoms with Crippen LogP contribution < -0.4 is 5.32 Å². The lowest BCUT2D eigenvalue weighted by Crippen LogP contribution is -2.14. The fourth-order valence-electron chi connectivity index (χ4n) is 1.59. The van der Waals surface area contributed by atoms with Crippen LogP contribution in [-0.4, -0.2) is 22.1 Å². The monoisotopic (exact) mass is 227 g/mol. The Kier molecular flexibility index (Phi) is 5.19. The number of hydrogen-bond donors (Lipinski definition) is 1. The van der Waals surface area contributed by atoms with Crippen LogP contribution in [0.5, 0.6) is 0 Å². The molecule has 0 saturated carbocycles. The summed E-state index contributed by atoms with van der Waals surface area (Å²) in [5.74, 6) is 1.10. The van der Waals surface area contributed by atoms with Gasteiger partial charge in [0.25, 0.3) is 0 Å². The summed E-state index contributed by atoms with van der Waals surface area (Å²) in [6.45, 7) is 8.46. The van der Waals surface area contributed by atoms with Gasteiger partial charge in [-0.2, -0.15) is 5.10 Å². The molecule has 1 aromatic rings. The molecular weight excluding hydrogens is 206 g/mol. The summed E-state index contributed by atoms with van der Waals surface area (Å²) in [4.78, 5) is 0. The Morgan fingerprint density at radius 1 is 1.40 bits per heavy atom. The van der Waals surface area contributed by atoms with E-state index in [1.165, 1.54) is 17.0 Å². The molecule has 15 heavy (non-hydrogen) atoms. The lowest BCUT2D eigenvalue weighted by molar-refractivity contribution is 0.653. The molecule has 0 spiro atoms. The number of nitrogens with one attached hydrogen (secondary N) is 1. The van der Waals surface area contributed by atoms with E-state index in [4.69, 9.17) is 0 Å². The van der Waals surface area contributed by atoms with E-state index in [1.54, 1.807) is 0 Å². The van der Waals surface area contributed by atoms with Crippen LogP contribution in [0.4, 0.5) is 0 Å². The van der Waals surface area contributed by atoms with Gasteiger partial charge in [-0.25, -0.2) is 0 Å². The molecule has 86 valence electrons. The van der Waals surface area contributed by atoms with E-state index in [1.807, 2.05) is 23.5 Å². The number of aromatic nitrogens is 2. The highest BCUT2D eigenvalue weighted by molar-refractivity contribution is 7.99. The van der Waals surface area contributed by atoms with Crippen LogP contribution >= 0.6 is 11.8 Å². The number of rotatable bonds is 6. The van der Waals surface area contributed by atoms with E-state index in [0.29, 0.717) is 0 Å². The zero-order chi connectivity index (χ0) is 11.3. The number of aryl methyl sites for hydroxylation is 2. The molecule has 0 radical (unpaired) electrons. The van der Waals surface area contributed by atoms with Gasteiger partial charge in [0.1, 0.15) is 0 Å². The van der Waals surface area contributed by atoms with Gasteiger partial charge in [0.05, 0.1) is 10.7 Å². The maximum absolute atomic E-state index is 4.46. The zero-order valence-electron chi connectivity index (χ0n) is 10.1. The van der Waals surface area contributed by atoms with Crippen molar-refractivity contribution in [1.82, 2.24) is 15.1 Å². The summed E-state index contributed by atoms with van der Waals surface area (Å²) in [5.41, 5.74) is 2.51. The van der Waals surface area contributed by atoms with E-state index in [0.717, 1.165) is 24.5 Å². The van der Waals surface area contributed by atoms with Gasteiger partial charge < -0.3 is 5.32 Å². The summed E-state index contributed by atoms with van der Waals surface area (Å²) in [5, 5.41) is 9.21. The third kappa shape index (κ3) is 3.24. The van der Waals surface area contributed by atoms with Gasteiger partial charge in [0.15, 0.2) is 0 Å². The molecule has 1 heterocycles. The van der Waals surface area contributed by atoms with Crippen molar-refractivity contribution in [2.24, 2.45) is 7.05 Å². The Morgan fingerprint density at radius 2 is 2.13 bits per heavy atom. The van der Waals surface area contributed by atoms with E-state index in [2.05, 4.69) is 31.2 Å². The van der Waals surface area contributed by atoms with Gasteiger partial charge >= 0.3 is 0 Å². The van der Waals surface area contributed by atoms with Gasteiger partial charge in [-0.05, 0) is 25.6 Å². The van der Waals surface area contributed by atoms with E-state index in [-0.39, 0.29) is 0 Å². The van der Waals surface area contributed by atoms with Crippen LogP contribution in [0.25, 0.3) is 0 Å². The minimum Gasteiger partial charge on any atom is -0.313 e. The van der Waals surface area contributed by atoms with Crippen molar-refractivity contribution in [3.8, 4) is 0 Å². The topological polar surface area (TPSA) is 29.9 Å². The Balaban J connectivity index is 2.74. The predicted molar refractivity (Wildman–Crippen MR) is 66.3 cm³/mol. The van der Waals surface area contributed by atoms with Crippen LogP contribution in [0.1, 0.15) is 31.5 Å². The molecule has 0 atom stereocenters. The molecule has 0 bridgehead atoms. The van der Waals surface area contributed by atoms with Crippen molar-refractivity contribution in [3.05, 3.63) is 11.3 Å². The second-order valence-electron chi connectivity index (χ2n) is 3.60. The molecule has 3 nitrogen and oxygen atoms in total. The molecule has 0 amide bonds. The first kappa shape index (κ1) is 12.6. The number of thioether (sulfide) groups is 1. The third-order valence-electron chi connectivity index (χ3n) is 2.30. The molecule has 0 saturated heterocycles. The molecular formula is C11H21N3S. The van der Waals surface area contributed by atoms with Gasteiger partial charge in [0.2, 0.25) is 0 Å². The van der Waals surface area contributed by atoms with Crippen LogP contribution in [0, 0.1) is 6.92 Å². The van der Waals surface area contributed by atoms with Crippen molar-refractivity contribution in [1.29, 1.82) is 0 Å². The average molecular weight is 227 g/mol. The molecule has 1 rings (SSSR count). The fourth-order valence-corrected chi connectivity index (χ4v) is 2.49. The number of hydrogen-bond acceptors (Lipinski definition) is 3. The van der Waals surface area contributed by atoms with E-state index < -0.39 is 0 Å². The number of nitrogens with zero attached hydrogens (tertiary/aromatic N) is 2. The first-order chi connectivity index (χ1) is 7.20. The third-order valence-corrected chi connectivity index (χ3v) is 3.37. The second kappa shape index (κ2) is 6.18. The minimum absolute atomic E-state index is 0.940. The molecule has 0 aliphatic rings. The average Bonchev–Trinajstić information content (AvgIpc) is 2.45. The molecule has 0 unspecified atom stereocenters. The van der Waals surface area contributed by atoms with Crippen LogP contribution in [0.15, 0.2) is 5.03 Å². The summed E-state index contributed by atoms with van der Waals surface area (Å²) in [7, 11) is 2.02. The van der Waals surface area contributed by atoms with Gasteiger partial charge in [0, 0.05) is 19.2 Å². The Morgan fingerprint density at radius 3 is 2.73 bits per heavy atom. The van der Waals surface area contributed by atoms with Crippen LogP contribution in [0.2, 0.25) is 0 Å². The maximum Gasteiger partial charge on any atom is 0.0984 e. The molecule has 1 aromatic heterocycles. The summed E-state index contributed by atoms with van der Waals surface area (Å²) in [6.07, 6.45) is 1.18. The highest BCUT2D eigenvalue weighted by atomic mass is 32.2. The molecule has 0 aliphatic carbocycles. The predicted octanol–water partition coefficient (Wildman–Crippen LogP) is 2.34. The molecule has 0 aromatic carbocycles. The highest BCUT2D eigenvalue weighted by Gasteiger charge is 2.12. The first-order valence-corrected chi connectivity index (χ1v) is 6.55. The zero-order valence-corrected chi connectivity index (χ0v) is 10.9.